The molecule has 4 heterocycles. The first-order valence-corrected chi connectivity index (χ1v) is 11.1. The summed E-state index contributed by atoms with van der Waals surface area (Å²) in [7, 11) is 4.78. The zero-order valence-electron chi connectivity index (χ0n) is 19.2. The summed E-state index contributed by atoms with van der Waals surface area (Å²) in [5.74, 6) is -0.146. The van der Waals surface area contributed by atoms with E-state index in [1.54, 1.807) is 36.9 Å². The van der Waals surface area contributed by atoms with Gasteiger partial charge in [-0.25, -0.2) is 13.9 Å². The van der Waals surface area contributed by atoms with Crippen molar-refractivity contribution < 1.29 is 18.7 Å². The van der Waals surface area contributed by atoms with Crippen LogP contribution < -0.4 is 15.4 Å². The van der Waals surface area contributed by atoms with E-state index >= 15 is 4.39 Å². The van der Waals surface area contributed by atoms with Crippen molar-refractivity contribution in [3.8, 4) is 17.0 Å². The fourth-order valence-electron chi connectivity index (χ4n) is 4.55. The molecule has 10 nitrogen and oxygen atoms in total. The Morgan fingerprint density at radius 3 is 2.68 bits per heavy atom. The second-order valence-electron chi connectivity index (χ2n) is 8.31. The number of amides is 1. The maximum Gasteiger partial charge on any atom is 0.269 e. The monoisotopic (exact) mass is 467 g/mol. The molecule has 4 aromatic heterocycles. The third-order valence-electron chi connectivity index (χ3n) is 6.34. The molecule has 1 fully saturated rings. The maximum atomic E-state index is 15.2. The molecule has 4 aromatic rings. The van der Waals surface area contributed by atoms with E-state index in [1.165, 1.54) is 24.0 Å². The van der Waals surface area contributed by atoms with Gasteiger partial charge >= 0.3 is 0 Å². The number of carbonyl (C=O) groups is 1. The van der Waals surface area contributed by atoms with Gasteiger partial charge in [-0.05, 0) is 37.8 Å². The van der Waals surface area contributed by atoms with Crippen LogP contribution in [0.15, 0.2) is 30.7 Å². The number of aromatic nitrogens is 5. The molecule has 1 aliphatic carbocycles. The van der Waals surface area contributed by atoms with Crippen LogP contribution in [0.5, 0.6) is 5.88 Å². The number of nitrogens with zero attached hydrogens (tertiary/aromatic N) is 5. The normalized spacial score (nSPS) is 18.4. The van der Waals surface area contributed by atoms with Crippen molar-refractivity contribution >= 4 is 23.0 Å². The number of nitrogens with one attached hydrogen (secondary N) is 2. The average molecular weight is 468 g/mol. The fourth-order valence-corrected chi connectivity index (χ4v) is 4.55. The molecule has 5 rings (SSSR count). The highest BCUT2D eigenvalue weighted by atomic mass is 19.1. The molecule has 0 atom stereocenters. The van der Waals surface area contributed by atoms with Crippen molar-refractivity contribution in [2.45, 2.75) is 37.8 Å². The first-order chi connectivity index (χ1) is 16.5. The van der Waals surface area contributed by atoms with Crippen LogP contribution in [0.1, 0.15) is 36.2 Å². The van der Waals surface area contributed by atoms with Crippen LogP contribution in [0, 0.1) is 5.82 Å². The van der Waals surface area contributed by atoms with E-state index < -0.39 is 5.82 Å². The number of methoxy groups -OCH3 is 2. The molecule has 2 N–H and O–H groups in total. The molecule has 11 heteroatoms. The van der Waals surface area contributed by atoms with E-state index in [-0.39, 0.29) is 29.5 Å². The first-order valence-electron chi connectivity index (χ1n) is 11.1. The van der Waals surface area contributed by atoms with Gasteiger partial charge in [-0.1, -0.05) is 0 Å². The SMILES string of the molecule is CNC(=O)c1cnc2ccc(-c3c(F)cn4nc(N[C@H]5CC[C@@H](OC)CC5)nc(OC)c34)cn12. The van der Waals surface area contributed by atoms with E-state index in [1.807, 2.05) is 0 Å². The summed E-state index contributed by atoms with van der Waals surface area (Å²) in [5, 5.41) is 10.4. The van der Waals surface area contributed by atoms with Gasteiger partial charge in [0.25, 0.3) is 5.91 Å². The van der Waals surface area contributed by atoms with Crippen LogP contribution in [0.2, 0.25) is 0 Å². The predicted octanol–water partition coefficient (Wildman–Crippen LogP) is 2.92. The molecule has 0 aliphatic heterocycles. The Bertz CT molecular complexity index is 1360. The van der Waals surface area contributed by atoms with Crippen molar-refractivity contribution in [3.63, 3.8) is 0 Å². The summed E-state index contributed by atoms with van der Waals surface area (Å²) in [5.41, 5.74) is 2.14. The minimum Gasteiger partial charge on any atom is -0.479 e. The molecule has 178 valence electrons. The molecular formula is C23H26FN7O3. The lowest BCUT2D eigenvalue weighted by Gasteiger charge is -2.28. The molecule has 0 spiro atoms. The minimum absolute atomic E-state index is 0.209. The van der Waals surface area contributed by atoms with Crippen molar-refractivity contribution in [1.29, 1.82) is 0 Å². The third-order valence-corrected chi connectivity index (χ3v) is 6.34. The summed E-state index contributed by atoms with van der Waals surface area (Å²) >= 11 is 0. The number of pyridine rings is 1. The lowest BCUT2D eigenvalue weighted by Crippen LogP contribution is -2.30. The highest BCUT2D eigenvalue weighted by molar-refractivity contribution is 5.93. The van der Waals surface area contributed by atoms with Gasteiger partial charge in [-0.15, -0.1) is 5.10 Å². The number of anilines is 1. The van der Waals surface area contributed by atoms with Gasteiger partial charge in [0, 0.05) is 32.0 Å². The Kier molecular flexibility index (Phi) is 5.78. The zero-order valence-corrected chi connectivity index (χ0v) is 19.2. The topological polar surface area (TPSA) is 107 Å². The molecule has 0 aromatic carbocycles. The third kappa shape index (κ3) is 3.81. The summed E-state index contributed by atoms with van der Waals surface area (Å²) < 4.78 is 29.3. The number of imidazole rings is 1. The van der Waals surface area contributed by atoms with Gasteiger partial charge in [-0.3, -0.25) is 9.20 Å². The van der Waals surface area contributed by atoms with E-state index in [0.29, 0.717) is 28.4 Å². The Balaban J connectivity index is 1.54. The van der Waals surface area contributed by atoms with Gasteiger partial charge in [0.1, 0.15) is 16.9 Å². The molecule has 1 amide bonds. The largest absolute Gasteiger partial charge is 0.479 e. The summed E-state index contributed by atoms with van der Waals surface area (Å²) in [6.45, 7) is 0. The summed E-state index contributed by atoms with van der Waals surface area (Å²) in [6.07, 6.45) is 8.54. The number of hydrogen-bond donors (Lipinski definition) is 2. The highest BCUT2D eigenvalue weighted by Gasteiger charge is 2.24. The van der Waals surface area contributed by atoms with Gasteiger partial charge in [0.05, 0.1) is 31.2 Å². The number of hydrogen-bond acceptors (Lipinski definition) is 7. The first kappa shape index (κ1) is 22.1. The molecule has 1 saturated carbocycles. The number of fused-ring (bicyclic) bond motifs is 2. The summed E-state index contributed by atoms with van der Waals surface area (Å²) in [6, 6.07) is 3.68. The molecule has 1 aliphatic rings. The smallest absolute Gasteiger partial charge is 0.269 e. The van der Waals surface area contributed by atoms with Crippen LogP contribution in [-0.4, -0.2) is 63.3 Å². The van der Waals surface area contributed by atoms with Gasteiger partial charge in [0.15, 0.2) is 5.82 Å². The van der Waals surface area contributed by atoms with Crippen LogP contribution in [0.25, 0.3) is 22.3 Å². The van der Waals surface area contributed by atoms with E-state index in [0.717, 1.165) is 25.7 Å². The Morgan fingerprint density at radius 1 is 1.18 bits per heavy atom. The maximum absolute atomic E-state index is 15.2. The predicted molar refractivity (Wildman–Crippen MR) is 124 cm³/mol. The fraction of sp³-hybridized carbons (Fsp3) is 0.391. The van der Waals surface area contributed by atoms with Gasteiger partial charge < -0.3 is 20.1 Å². The molecule has 0 unspecified atom stereocenters. The van der Waals surface area contributed by atoms with Crippen molar-refractivity contribution in [2.75, 3.05) is 26.6 Å². The number of ether oxygens (including phenoxy) is 2. The van der Waals surface area contributed by atoms with E-state index in [4.69, 9.17) is 9.47 Å². The van der Waals surface area contributed by atoms with Gasteiger partial charge in [0.2, 0.25) is 11.8 Å². The molecule has 0 saturated heterocycles. The second kappa shape index (κ2) is 8.90. The lowest BCUT2D eigenvalue weighted by molar-refractivity contribution is 0.0681. The van der Waals surface area contributed by atoms with Crippen LogP contribution in [0.4, 0.5) is 10.3 Å². The van der Waals surface area contributed by atoms with Crippen molar-refractivity contribution in [2.24, 2.45) is 0 Å². The molecule has 0 bridgehead atoms. The molecule has 0 radical (unpaired) electrons. The molecule has 34 heavy (non-hydrogen) atoms. The second-order valence-corrected chi connectivity index (χ2v) is 8.31. The zero-order chi connectivity index (χ0) is 23.8. The molecular weight excluding hydrogens is 441 g/mol. The van der Waals surface area contributed by atoms with Crippen LogP contribution in [-0.2, 0) is 4.74 Å². The lowest BCUT2D eigenvalue weighted by atomic mass is 9.93. The van der Waals surface area contributed by atoms with E-state index in [2.05, 4.69) is 25.7 Å². The Hall–Kier alpha value is -3.73. The van der Waals surface area contributed by atoms with Crippen LogP contribution in [0.3, 0.4) is 0 Å². The standard InChI is InChI=1S/C23H26FN7O3/c1-25-21(32)17-10-26-18-9-4-13(11-30(17)18)19-16(24)12-31-20(19)22(34-3)28-23(29-31)27-14-5-7-15(33-2)8-6-14/h4,9-12,14-15H,5-8H2,1-3H3,(H,25,32)(H,27,29)/t14-,15+. The Morgan fingerprint density at radius 2 is 1.97 bits per heavy atom. The number of carbonyl (C=O) groups excluding carboxylic acids is 1. The summed E-state index contributed by atoms with van der Waals surface area (Å²) in [4.78, 5) is 21.0. The van der Waals surface area contributed by atoms with E-state index in [9.17, 15) is 4.79 Å². The number of halogens is 1. The average Bonchev–Trinajstić information content (AvgIpc) is 3.43. The minimum atomic E-state index is -0.480. The Labute approximate surface area is 195 Å². The van der Waals surface area contributed by atoms with Gasteiger partial charge in [-0.2, -0.15) is 4.98 Å². The highest BCUT2D eigenvalue weighted by Crippen LogP contribution is 2.34. The van der Waals surface area contributed by atoms with Crippen LogP contribution >= 0.6 is 0 Å². The van der Waals surface area contributed by atoms with Crippen molar-refractivity contribution in [3.05, 3.63) is 42.2 Å². The number of rotatable bonds is 6. The van der Waals surface area contributed by atoms with Crippen molar-refractivity contribution in [1.82, 2.24) is 29.3 Å². The quantitative estimate of drug-likeness (QED) is 0.449.